The molecule has 23 heavy (non-hydrogen) atoms. The summed E-state index contributed by atoms with van der Waals surface area (Å²) in [6.07, 6.45) is 4.51. The van der Waals surface area contributed by atoms with E-state index in [2.05, 4.69) is 46.4 Å². The van der Waals surface area contributed by atoms with E-state index in [0.717, 1.165) is 31.2 Å². The van der Waals surface area contributed by atoms with Crippen molar-refractivity contribution in [2.45, 2.75) is 13.3 Å². The molecule has 0 saturated heterocycles. The second-order valence-corrected chi connectivity index (χ2v) is 5.30. The number of aliphatic imine (C=N–C) groups is 1. The summed E-state index contributed by atoms with van der Waals surface area (Å²) >= 11 is 0. The Kier molecular flexibility index (Phi) is 5.09. The first-order chi connectivity index (χ1) is 11.4. The Morgan fingerprint density at radius 1 is 1.30 bits per heavy atom. The van der Waals surface area contributed by atoms with Crippen molar-refractivity contribution in [2.24, 2.45) is 4.99 Å². The molecule has 0 aliphatic carbocycles. The lowest BCUT2D eigenvalue weighted by molar-refractivity contribution is 0.327. The largest absolute Gasteiger partial charge is 0.490 e. The molecule has 0 bridgehead atoms. The normalized spacial score (nSPS) is 13.8. The SMILES string of the molecule is CCNC(=NCCOc1cccnc1)N1CCc2ccccc21. The first kappa shape index (κ1) is 15.3. The molecular weight excluding hydrogens is 288 g/mol. The number of para-hydroxylation sites is 1. The highest BCUT2D eigenvalue weighted by Crippen LogP contribution is 2.27. The van der Waals surface area contributed by atoms with Gasteiger partial charge >= 0.3 is 0 Å². The van der Waals surface area contributed by atoms with E-state index in [1.165, 1.54) is 11.3 Å². The molecular formula is C18H22N4O. The van der Waals surface area contributed by atoms with Crippen LogP contribution in [-0.2, 0) is 6.42 Å². The lowest BCUT2D eigenvalue weighted by Gasteiger charge is -2.22. The van der Waals surface area contributed by atoms with Crippen molar-refractivity contribution >= 4 is 11.6 Å². The maximum Gasteiger partial charge on any atom is 0.198 e. The zero-order chi connectivity index (χ0) is 15.9. The summed E-state index contributed by atoms with van der Waals surface area (Å²) in [4.78, 5) is 11.0. The van der Waals surface area contributed by atoms with Crippen LogP contribution < -0.4 is 15.0 Å². The van der Waals surface area contributed by atoms with Gasteiger partial charge in [0.15, 0.2) is 5.96 Å². The second kappa shape index (κ2) is 7.63. The van der Waals surface area contributed by atoms with Gasteiger partial charge in [-0.3, -0.25) is 4.98 Å². The Morgan fingerprint density at radius 3 is 3.04 bits per heavy atom. The quantitative estimate of drug-likeness (QED) is 0.524. The van der Waals surface area contributed by atoms with Gasteiger partial charge in [-0.15, -0.1) is 0 Å². The van der Waals surface area contributed by atoms with Crippen LogP contribution in [-0.4, -0.2) is 37.2 Å². The number of nitrogens with one attached hydrogen (secondary N) is 1. The third kappa shape index (κ3) is 3.80. The fraction of sp³-hybridized carbons (Fsp3) is 0.333. The standard InChI is InChI=1S/C18H22N4O/c1-2-20-18(21-11-13-23-16-7-5-10-19-14-16)22-12-9-15-6-3-4-8-17(15)22/h3-8,10,14H,2,9,11-13H2,1H3,(H,20,21). The molecule has 1 aliphatic rings. The average Bonchev–Trinajstić information content (AvgIpc) is 3.03. The van der Waals surface area contributed by atoms with Gasteiger partial charge in [0, 0.05) is 25.0 Å². The minimum absolute atomic E-state index is 0.538. The Morgan fingerprint density at radius 2 is 2.22 bits per heavy atom. The number of pyridine rings is 1. The van der Waals surface area contributed by atoms with Crippen LogP contribution in [0, 0.1) is 0 Å². The molecule has 0 spiro atoms. The number of hydrogen-bond acceptors (Lipinski definition) is 3. The molecule has 0 fully saturated rings. The van der Waals surface area contributed by atoms with E-state index in [-0.39, 0.29) is 0 Å². The summed E-state index contributed by atoms with van der Waals surface area (Å²) in [5, 5.41) is 3.37. The van der Waals surface area contributed by atoms with Gasteiger partial charge in [0.2, 0.25) is 0 Å². The van der Waals surface area contributed by atoms with Gasteiger partial charge in [0.1, 0.15) is 12.4 Å². The van der Waals surface area contributed by atoms with Gasteiger partial charge in [-0.05, 0) is 37.1 Å². The van der Waals surface area contributed by atoms with Crippen molar-refractivity contribution in [2.75, 3.05) is 31.1 Å². The number of rotatable bonds is 5. The third-order valence-electron chi connectivity index (χ3n) is 3.73. The van der Waals surface area contributed by atoms with Gasteiger partial charge in [0.05, 0.1) is 12.7 Å². The van der Waals surface area contributed by atoms with Crippen LogP contribution in [0.3, 0.4) is 0 Å². The zero-order valence-electron chi connectivity index (χ0n) is 13.4. The Labute approximate surface area is 137 Å². The van der Waals surface area contributed by atoms with Crippen molar-refractivity contribution < 1.29 is 4.74 Å². The predicted molar refractivity (Wildman–Crippen MR) is 93.2 cm³/mol. The fourth-order valence-electron chi connectivity index (χ4n) is 2.70. The second-order valence-electron chi connectivity index (χ2n) is 5.30. The first-order valence-corrected chi connectivity index (χ1v) is 8.05. The molecule has 1 N–H and O–H groups in total. The highest BCUT2D eigenvalue weighted by Gasteiger charge is 2.22. The van der Waals surface area contributed by atoms with E-state index in [4.69, 9.17) is 9.73 Å². The number of aromatic nitrogens is 1. The van der Waals surface area contributed by atoms with Crippen LogP contribution in [0.5, 0.6) is 5.75 Å². The van der Waals surface area contributed by atoms with Gasteiger partial charge in [-0.2, -0.15) is 0 Å². The molecule has 0 atom stereocenters. The summed E-state index contributed by atoms with van der Waals surface area (Å²) in [5.74, 6) is 1.70. The average molecular weight is 310 g/mol. The van der Waals surface area contributed by atoms with Crippen LogP contribution in [0.4, 0.5) is 5.69 Å². The molecule has 0 saturated carbocycles. The molecule has 2 aromatic rings. The zero-order valence-corrected chi connectivity index (χ0v) is 13.4. The minimum Gasteiger partial charge on any atom is -0.490 e. The predicted octanol–water partition coefficient (Wildman–Crippen LogP) is 2.49. The molecule has 0 amide bonds. The minimum atomic E-state index is 0.538. The van der Waals surface area contributed by atoms with Crippen molar-refractivity contribution in [1.29, 1.82) is 0 Å². The van der Waals surface area contributed by atoms with Crippen molar-refractivity contribution in [3.8, 4) is 5.75 Å². The molecule has 0 unspecified atom stereocenters. The van der Waals surface area contributed by atoms with E-state index in [9.17, 15) is 0 Å². The Bertz CT molecular complexity index is 657. The smallest absolute Gasteiger partial charge is 0.198 e. The van der Waals surface area contributed by atoms with Crippen LogP contribution in [0.2, 0.25) is 0 Å². The molecule has 2 heterocycles. The van der Waals surface area contributed by atoms with E-state index < -0.39 is 0 Å². The van der Waals surface area contributed by atoms with Crippen molar-refractivity contribution in [3.05, 3.63) is 54.4 Å². The van der Waals surface area contributed by atoms with Crippen molar-refractivity contribution in [1.82, 2.24) is 10.3 Å². The van der Waals surface area contributed by atoms with Gasteiger partial charge in [-0.1, -0.05) is 18.2 Å². The highest BCUT2D eigenvalue weighted by molar-refractivity contribution is 5.97. The van der Waals surface area contributed by atoms with Gasteiger partial charge in [-0.25, -0.2) is 4.99 Å². The number of fused-ring (bicyclic) bond motifs is 1. The lowest BCUT2D eigenvalue weighted by atomic mass is 10.2. The summed E-state index contributed by atoms with van der Waals surface area (Å²) < 4.78 is 5.65. The molecule has 1 aromatic carbocycles. The number of benzene rings is 1. The van der Waals surface area contributed by atoms with E-state index >= 15 is 0 Å². The summed E-state index contributed by atoms with van der Waals surface area (Å²) in [7, 11) is 0. The number of anilines is 1. The van der Waals surface area contributed by atoms with Crippen LogP contribution in [0.25, 0.3) is 0 Å². The van der Waals surface area contributed by atoms with Crippen LogP contribution >= 0.6 is 0 Å². The molecule has 1 aliphatic heterocycles. The molecule has 5 heteroatoms. The van der Waals surface area contributed by atoms with E-state index in [1.54, 1.807) is 12.4 Å². The molecule has 3 rings (SSSR count). The number of nitrogens with zero attached hydrogens (tertiary/aromatic N) is 3. The van der Waals surface area contributed by atoms with Crippen LogP contribution in [0.1, 0.15) is 12.5 Å². The van der Waals surface area contributed by atoms with E-state index in [1.807, 2.05) is 12.1 Å². The molecule has 1 aromatic heterocycles. The fourth-order valence-corrected chi connectivity index (χ4v) is 2.70. The maximum atomic E-state index is 5.65. The third-order valence-corrected chi connectivity index (χ3v) is 3.73. The maximum absolute atomic E-state index is 5.65. The summed E-state index contributed by atoms with van der Waals surface area (Å²) in [6.45, 7) is 5.05. The monoisotopic (exact) mass is 310 g/mol. The number of ether oxygens (including phenoxy) is 1. The topological polar surface area (TPSA) is 49.8 Å². The molecule has 0 radical (unpaired) electrons. The van der Waals surface area contributed by atoms with E-state index in [0.29, 0.717) is 13.2 Å². The Balaban J connectivity index is 1.62. The summed E-state index contributed by atoms with van der Waals surface area (Å²) in [6, 6.07) is 12.3. The lowest BCUT2D eigenvalue weighted by Crippen LogP contribution is -2.40. The number of guanidine groups is 1. The Hall–Kier alpha value is -2.56. The van der Waals surface area contributed by atoms with Crippen LogP contribution in [0.15, 0.2) is 53.8 Å². The van der Waals surface area contributed by atoms with Crippen molar-refractivity contribution in [3.63, 3.8) is 0 Å². The van der Waals surface area contributed by atoms with Gasteiger partial charge in [0.25, 0.3) is 0 Å². The number of hydrogen-bond donors (Lipinski definition) is 1. The molecule has 5 nitrogen and oxygen atoms in total. The molecule has 120 valence electrons. The summed E-state index contributed by atoms with van der Waals surface area (Å²) in [5.41, 5.74) is 2.63. The highest BCUT2D eigenvalue weighted by atomic mass is 16.5. The van der Waals surface area contributed by atoms with Gasteiger partial charge < -0.3 is 15.0 Å². The first-order valence-electron chi connectivity index (χ1n) is 8.05.